The van der Waals surface area contributed by atoms with Gasteiger partial charge in [0.25, 0.3) is 0 Å². The molecule has 66 valence electrons. The van der Waals surface area contributed by atoms with E-state index < -0.39 is 5.97 Å². The number of hydrogen-bond donors (Lipinski definition) is 1. The van der Waals surface area contributed by atoms with Crippen LogP contribution in [0.2, 0.25) is 5.02 Å². The molecule has 2 aromatic heterocycles. The molecule has 4 nitrogen and oxygen atoms in total. The van der Waals surface area contributed by atoms with Crippen LogP contribution in [0, 0.1) is 0 Å². The lowest BCUT2D eigenvalue weighted by atomic mass is 10.3. The van der Waals surface area contributed by atoms with E-state index in [9.17, 15) is 4.79 Å². The van der Waals surface area contributed by atoms with Crippen LogP contribution in [0.1, 0.15) is 10.5 Å². The molecule has 0 saturated carbocycles. The number of aromatic carboxylic acids is 1. The molecule has 2 rings (SSSR count). The first-order valence-corrected chi connectivity index (χ1v) is 3.92. The van der Waals surface area contributed by atoms with Crippen LogP contribution in [0.15, 0.2) is 24.7 Å². The summed E-state index contributed by atoms with van der Waals surface area (Å²) in [6.45, 7) is 0. The first-order valence-electron chi connectivity index (χ1n) is 3.54. The number of halogens is 1. The van der Waals surface area contributed by atoms with E-state index in [1.165, 1.54) is 23.0 Å². The van der Waals surface area contributed by atoms with Crippen LogP contribution in [0.5, 0.6) is 0 Å². The van der Waals surface area contributed by atoms with Gasteiger partial charge < -0.3 is 5.11 Å². The van der Waals surface area contributed by atoms with Gasteiger partial charge in [-0.15, -0.1) is 0 Å². The molecule has 0 spiro atoms. The smallest absolute Gasteiger partial charge is 0.352 e. The first kappa shape index (κ1) is 8.07. The largest absolute Gasteiger partial charge is 0.477 e. The summed E-state index contributed by atoms with van der Waals surface area (Å²) in [4.78, 5) is 14.6. The average Bonchev–Trinajstić information content (AvgIpc) is 2.53. The Morgan fingerprint density at radius 2 is 2.31 bits per heavy atom. The summed E-state index contributed by atoms with van der Waals surface area (Å²) < 4.78 is 1.44. The van der Waals surface area contributed by atoms with Gasteiger partial charge in [0.1, 0.15) is 5.69 Å². The van der Waals surface area contributed by atoms with E-state index in [-0.39, 0.29) is 5.69 Å². The third-order valence-electron chi connectivity index (χ3n) is 1.75. The van der Waals surface area contributed by atoms with Gasteiger partial charge in [-0.1, -0.05) is 11.6 Å². The monoisotopic (exact) mass is 196 g/mol. The number of carboxylic acids is 1. The molecule has 0 unspecified atom stereocenters. The van der Waals surface area contributed by atoms with Crippen LogP contribution in [0.3, 0.4) is 0 Å². The minimum atomic E-state index is -1.00. The number of nitrogens with zero attached hydrogens (tertiary/aromatic N) is 2. The zero-order chi connectivity index (χ0) is 9.42. The van der Waals surface area contributed by atoms with Gasteiger partial charge in [-0.25, -0.2) is 9.78 Å². The van der Waals surface area contributed by atoms with Crippen molar-refractivity contribution < 1.29 is 9.90 Å². The van der Waals surface area contributed by atoms with Crippen molar-refractivity contribution in [1.82, 2.24) is 9.38 Å². The van der Waals surface area contributed by atoms with Crippen LogP contribution in [-0.4, -0.2) is 20.5 Å². The van der Waals surface area contributed by atoms with Crippen LogP contribution in [-0.2, 0) is 0 Å². The van der Waals surface area contributed by atoms with Crippen molar-refractivity contribution in [1.29, 1.82) is 0 Å². The Labute approximate surface area is 78.4 Å². The highest BCUT2D eigenvalue weighted by Crippen LogP contribution is 2.18. The standard InChI is InChI=1S/C8H5ClN2O2/c9-5-1-2-6(8(12)13)11-4-10-3-7(5)11/h1-4H,(H,12,13). The quantitative estimate of drug-likeness (QED) is 0.755. The van der Waals surface area contributed by atoms with Crippen molar-refractivity contribution in [3.63, 3.8) is 0 Å². The second-order valence-electron chi connectivity index (χ2n) is 2.52. The third-order valence-corrected chi connectivity index (χ3v) is 2.07. The molecule has 0 saturated heterocycles. The third kappa shape index (κ3) is 1.15. The number of carboxylic acid groups (broad SMARTS) is 1. The lowest BCUT2D eigenvalue weighted by Crippen LogP contribution is -2.03. The van der Waals surface area contributed by atoms with Gasteiger partial charge in [0.2, 0.25) is 0 Å². The molecule has 0 amide bonds. The van der Waals surface area contributed by atoms with Gasteiger partial charge in [-0.3, -0.25) is 4.40 Å². The maximum absolute atomic E-state index is 10.7. The van der Waals surface area contributed by atoms with Crippen LogP contribution >= 0.6 is 11.6 Å². The number of aromatic nitrogens is 2. The minimum Gasteiger partial charge on any atom is -0.477 e. The van der Waals surface area contributed by atoms with Gasteiger partial charge in [0.15, 0.2) is 0 Å². The summed E-state index contributed by atoms with van der Waals surface area (Å²) >= 11 is 5.82. The van der Waals surface area contributed by atoms with Crippen molar-refractivity contribution in [2.24, 2.45) is 0 Å². The summed E-state index contributed by atoms with van der Waals surface area (Å²) in [7, 11) is 0. The predicted molar refractivity (Wildman–Crippen MR) is 47.2 cm³/mol. The van der Waals surface area contributed by atoms with E-state index in [1.54, 1.807) is 6.07 Å². The van der Waals surface area contributed by atoms with Gasteiger partial charge in [-0.2, -0.15) is 0 Å². The minimum absolute atomic E-state index is 0.150. The summed E-state index contributed by atoms with van der Waals surface area (Å²) in [5.41, 5.74) is 0.749. The highest BCUT2D eigenvalue weighted by Gasteiger charge is 2.09. The molecule has 0 bridgehead atoms. The molecule has 2 heterocycles. The molecule has 0 radical (unpaired) electrons. The summed E-state index contributed by atoms with van der Waals surface area (Å²) in [5, 5.41) is 9.29. The molecular formula is C8H5ClN2O2. The molecule has 0 aliphatic rings. The molecule has 5 heteroatoms. The normalized spacial score (nSPS) is 10.5. The summed E-state index contributed by atoms with van der Waals surface area (Å²) in [6.07, 6.45) is 2.94. The van der Waals surface area contributed by atoms with Crippen molar-refractivity contribution in [2.75, 3.05) is 0 Å². The van der Waals surface area contributed by atoms with E-state index in [0.29, 0.717) is 10.5 Å². The molecule has 1 N–H and O–H groups in total. The Morgan fingerprint density at radius 1 is 1.54 bits per heavy atom. The van der Waals surface area contributed by atoms with Gasteiger partial charge >= 0.3 is 5.97 Å². The van der Waals surface area contributed by atoms with Crippen LogP contribution < -0.4 is 0 Å². The van der Waals surface area contributed by atoms with Crippen LogP contribution in [0.25, 0.3) is 5.52 Å². The van der Waals surface area contributed by atoms with E-state index >= 15 is 0 Å². The number of rotatable bonds is 1. The predicted octanol–water partition coefficient (Wildman–Crippen LogP) is 1.69. The van der Waals surface area contributed by atoms with Gasteiger partial charge in [0.05, 0.1) is 23.1 Å². The van der Waals surface area contributed by atoms with Crippen molar-refractivity contribution >= 4 is 23.1 Å². The van der Waals surface area contributed by atoms with Crippen molar-refractivity contribution in [3.05, 3.63) is 35.4 Å². The maximum Gasteiger partial charge on any atom is 0.352 e. The molecule has 0 atom stereocenters. The summed E-state index contributed by atoms with van der Waals surface area (Å²) in [5.74, 6) is -1.00. The fourth-order valence-corrected chi connectivity index (χ4v) is 1.36. The first-order chi connectivity index (χ1) is 6.20. The van der Waals surface area contributed by atoms with E-state index in [0.717, 1.165) is 0 Å². The Hall–Kier alpha value is -1.55. The number of pyridine rings is 1. The Kier molecular flexibility index (Phi) is 1.70. The second-order valence-corrected chi connectivity index (χ2v) is 2.93. The Bertz CT molecular complexity index is 478. The average molecular weight is 197 g/mol. The van der Waals surface area contributed by atoms with Gasteiger partial charge in [-0.05, 0) is 12.1 Å². The highest BCUT2D eigenvalue weighted by atomic mass is 35.5. The maximum atomic E-state index is 10.7. The molecular weight excluding hydrogens is 192 g/mol. The zero-order valence-electron chi connectivity index (χ0n) is 6.44. The number of hydrogen-bond acceptors (Lipinski definition) is 2. The lowest BCUT2D eigenvalue weighted by Gasteiger charge is -2.00. The fraction of sp³-hybridized carbons (Fsp3) is 0. The van der Waals surface area contributed by atoms with Crippen molar-refractivity contribution in [2.45, 2.75) is 0 Å². The second kappa shape index (κ2) is 2.74. The number of carbonyl (C=O) groups is 1. The summed E-state index contributed by atoms with van der Waals surface area (Å²) in [6, 6.07) is 2.99. The number of fused-ring (bicyclic) bond motifs is 1. The van der Waals surface area contributed by atoms with Crippen molar-refractivity contribution in [3.8, 4) is 0 Å². The zero-order valence-corrected chi connectivity index (χ0v) is 7.19. The molecule has 2 aromatic rings. The van der Waals surface area contributed by atoms with E-state index in [4.69, 9.17) is 16.7 Å². The Balaban J connectivity index is 2.86. The van der Waals surface area contributed by atoms with Crippen LogP contribution in [0.4, 0.5) is 0 Å². The van der Waals surface area contributed by atoms with E-state index in [2.05, 4.69) is 4.98 Å². The topological polar surface area (TPSA) is 54.6 Å². The highest BCUT2D eigenvalue weighted by molar-refractivity contribution is 6.33. The Morgan fingerprint density at radius 3 is 3.00 bits per heavy atom. The SMILES string of the molecule is O=C(O)c1ccc(Cl)c2cncn12. The number of imidazole rings is 1. The molecule has 13 heavy (non-hydrogen) atoms. The molecule has 0 aliphatic heterocycles. The molecule has 0 aliphatic carbocycles. The molecule has 0 aromatic carbocycles. The van der Waals surface area contributed by atoms with E-state index in [1.807, 2.05) is 0 Å². The lowest BCUT2D eigenvalue weighted by molar-refractivity contribution is 0.0689. The molecule has 0 fully saturated rings. The fourth-order valence-electron chi connectivity index (χ4n) is 1.16. The van der Waals surface area contributed by atoms with Gasteiger partial charge in [0, 0.05) is 0 Å².